The number of imidazole rings is 1. The minimum absolute atomic E-state index is 0.0355. The van der Waals surface area contributed by atoms with Crippen molar-refractivity contribution >= 4 is 16.5 Å². The van der Waals surface area contributed by atoms with Gasteiger partial charge in [0.1, 0.15) is 5.69 Å². The summed E-state index contributed by atoms with van der Waals surface area (Å²) in [5.41, 5.74) is 0.672. The van der Waals surface area contributed by atoms with Crippen molar-refractivity contribution in [2.24, 2.45) is 5.92 Å². The van der Waals surface area contributed by atoms with E-state index in [9.17, 15) is 8.42 Å². The van der Waals surface area contributed by atoms with Crippen molar-refractivity contribution in [3.8, 4) is 17.4 Å². The quantitative estimate of drug-likeness (QED) is 0.689. The van der Waals surface area contributed by atoms with Crippen LogP contribution in [0.3, 0.4) is 0 Å². The molecule has 2 atom stereocenters. The maximum Gasteiger partial charge on any atom is 0.290 e. The van der Waals surface area contributed by atoms with Gasteiger partial charge in [-0.05, 0) is 6.07 Å². The smallest absolute Gasteiger partial charge is 0.290 e. The Morgan fingerprint density at radius 2 is 2.11 bits per heavy atom. The van der Waals surface area contributed by atoms with E-state index in [2.05, 4.69) is 9.97 Å². The first-order valence-electron chi connectivity index (χ1n) is 8.44. The van der Waals surface area contributed by atoms with Crippen molar-refractivity contribution in [1.29, 1.82) is 0 Å². The van der Waals surface area contributed by atoms with Crippen LogP contribution in [0, 0.1) is 5.92 Å². The number of hydrogen-bond acceptors (Lipinski definition) is 7. The molecule has 2 aromatic rings. The Labute approximate surface area is 163 Å². The van der Waals surface area contributed by atoms with Gasteiger partial charge in [-0.1, -0.05) is 6.07 Å². The van der Waals surface area contributed by atoms with Crippen molar-refractivity contribution in [2.75, 3.05) is 40.2 Å². The Balaban J connectivity index is 0.000000878. The van der Waals surface area contributed by atoms with Crippen LogP contribution in [0.1, 0.15) is 6.04 Å². The van der Waals surface area contributed by atoms with E-state index in [-0.39, 0.29) is 24.2 Å². The van der Waals surface area contributed by atoms with Crippen molar-refractivity contribution < 1.29 is 27.8 Å². The lowest BCUT2D eigenvalue weighted by molar-refractivity contribution is -0.122. The van der Waals surface area contributed by atoms with Gasteiger partial charge in [-0.3, -0.25) is 4.79 Å². The molecule has 1 aliphatic heterocycles. The zero-order valence-electron chi connectivity index (χ0n) is 15.9. The summed E-state index contributed by atoms with van der Waals surface area (Å²) in [4.78, 5) is 17.2. The molecule has 0 aromatic carbocycles. The first-order chi connectivity index (χ1) is 13.3. The Kier molecular flexibility index (Phi) is 7.49. The van der Waals surface area contributed by atoms with Crippen LogP contribution in [0.5, 0.6) is 5.88 Å². The fourth-order valence-corrected chi connectivity index (χ4v) is 4.06. The summed E-state index contributed by atoms with van der Waals surface area (Å²) in [5.74, 6) is 1.06. The average Bonchev–Trinajstić information content (AvgIpc) is 3.30. The van der Waals surface area contributed by atoms with Gasteiger partial charge >= 0.3 is 0 Å². The van der Waals surface area contributed by atoms with Crippen LogP contribution in [-0.2, 0) is 19.6 Å². The van der Waals surface area contributed by atoms with Crippen molar-refractivity contribution in [2.45, 2.75) is 6.04 Å². The number of carboxylic acid groups (broad SMARTS) is 1. The normalized spacial score (nSPS) is 19.1. The lowest BCUT2D eigenvalue weighted by atomic mass is 10.1. The summed E-state index contributed by atoms with van der Waals surface area (Å²) < 4.78 is 38.5. The minimum atomic E-state index is -3.31. The van der Waals surface area contributed by atoms with Crippen molar-refractivity contribution in [1.82, 2.24) is 18.8 Å². The van der Waals surface area contributed by atoms with Gasteiger partial charge in [-0.15, -0.1) is 0 Å². The molecule has 2 aromatic heterocycles. The minimum Gasteiger partial charge on any atom is -0.483 e. The number of methoxy groups -OCH3 is 1. The van der Waals surface area contributed by atoms with E-state index in [1.807, 2.05) is 22.9 Å². The molecule has 0 aliphatic carbocycles. The predicted octanol–water partition coefficient (Wildman–Crippen LogP) is 0.733. The average molecular weight is 412 g/mol. The molecule has 10 nitrogen and oxygen atoms in total. The van der Waals surface area contributed by atoms with E-state index in [4.69, 9.17) is 19.4 Å². The number of rotatable bonds is 6. The molecule has 0 unspecified atom stereocenters. The van der Waals surface area contributed by atoms with E-state index in [0.717, 1.165) is 0 Å². The van der Waals surface area contributed by atoms with Gasteiger partial charge in [0, 0.05) is 38.5 Å². The lowest BCUT2D eigenvalue weighted by Gasteiger charge is -2.22. The summed E-state index contributed by atoms with van der Waals surface area (Å²) in [6.45, 7) is 0.599. The summed E-state index contributed by atoms with van der Waals surface area (Å²) in [6, 6.07) is 5.35. The van der Waals surface area contributed by atoms with Gasteiger partial charge in [0.25, 0.3) is 6.47 Å². The van der Waals surface area contributed by atoms with Crippen molar-refractivity contribution in [3.63, 3.8) is 0 Å². The molecular weight excluding hydrogens is 388 g/mol. The standard InChI is InChI=1S/C16H22N4O4S.CH2O2/c1-19(2)25(21,22)11-12-9-24-10-14(12)20-8-7-17-16(20)13-5-4-6-15(18-13)23-3;2-1-3/h4-8,12,14H,9-11H2,1-3H3;1H,(H,2,3)/t12-,14+;/m0./s1. The molecule has 0 radical (unpaired) electrons. The number of aromatic nitrogens is 3. The van der Waals surface area contributed by atoms with Crippen molar-refractivity contribution in [3.05, 3.63) is 30.6 Å². The number of nitrogens with zero attached hydrogens (tertiary/aromatic N) is 4. The Morgan fingerprint density at radius 3 is 2.75 bits per heavy atom. The zero-order chi connectivity index (χ0) is 20.7. The van der Waals surface area contributed by atoms with E-state index in [1.165, 1.54) is 4.31 Å². The molecule has 1 fully saturated rings. The maximum atomic E-state index is 12.3. The van der Waals surface area contributed by atoms with Gasteiger partial charge in [0.05, 0.1) is 32.1 Å². The molecule has 3 rings (SSSR count). The first kappa shape index (κ1) is 21.8. The first-order valence-corrected chi connectivity index (χ1v) is 10.0. The monoisotopic (exact) mass is 412 g/mol. The SMILES string of the molecule is COc1cccc(-c2nccn2[C@@H]2COC[C@H]2CS(=O)(=O)N(C)C)n1.O=CO. The van der Waals surface area contributed by atoms with Crippen LogP contribution in [0.2, 0.25) is 0 Å². The highest BCUT2D eigenvalue weighted by Crippen LogP contribution is 2.31. The van der Waals surface area contributed by atoms with Crippen LogP contribution < -0.4 is 4.74 Å². The summed E-state index contributed by atoms with van der Waals surface area (Å²) in [5, 5.41) is 6.89. The molecular formula is C17H24N4O6S. The van der Waals surface area contributed by atoms with E-state index in [1.54, 1.807) is 33.5 Å². The van der Waals surface area contributed by atoms with Crippen LogP contribution in [0.25, 0.3) is 11.5 Å². The van der Waals surface area contributed by atoms with Crippen LogP contribution in [0.15, 0.2) is 30.6 Å². The highest BCUT2D eigenvalue weighted by Gasteiger charge is 2.35. The fraction of sp³-hybridized carbons (Fsp3) is 0.471. The third-order valence-electron chi connectivity index (χ3n) is 4.33. The molecule has 154 valence electrons. The number of sulfonamides is 1. The molecule has 1 N–H and O–H groups in total. The molecule has 11 heteroatoms. The topological polar surface area (TPSA) is 124 Å². The second-order valence-electron chi connectivity index (χ2n) is 6.25. The van der Waals surface area contributed by atoms with Gasteiger partial charge < -0.3 is 19.1 Å². The summed E-state index contributed by atoms with van der Waals surface area (Å²) >= 11 is 0. The molecule has 0 bridgehead atoms. The van der Waals surface area contributed by atoms with E-state index < -0.39 is 10.0 Å². The summed E-state index contributed by atoms with van der Waals surface area (Å²) in [6.07, 6.45) is 3.53. The Bertz CT molecular complexity index is 883. The van der Waals surface area contributed by atoms with Gasteiger partial charge in [-0.2, -0.15) is 0 Å². The maximum absolute atomic E-state index is 12.3. The third kappa shape index (κ3) is 5.06. The van der Waals surface area contributed by atoms with E-state index in [0.29, 0.717) is 30.6 Å². The van der Waals surface area contributed by atoms with Gasteiger partial charge in [-0.25, -0.2) is 22.7 Å². The zero-order valence-corrected chi connectivity index (χ0v) is 16.7. The number of ether oxygens (including phenoxy) is 2. The molecule has 1 aliphatic rings. The van der Waals surface area contributed by atoms with Crippen LogP contribution in [0.4, 0.5) is 0 Å². The molecule has 28 heavy (non-hydrogen) atoms. The number of carbonyl (C=O) groups is 1. The second-order valence-corrected chi connectivity index (χ2v) is 8.48. The van der Waals surface area contributed by atoms with Crippen LogP contribution >= 0.6 is 0 Å². The van der Waals surface area contributed by atoms with Gasteiger partial charge in [0.15, 0.2) is 5.82 Å². The molecule has 1 saturated heterocycles. The predicted molar refractivity (Wildman–Crippen MR) is 102 cm³/mol. The number of pyridine rings is 1. The second kappa shape index (κ2) is 9.62. The number of hydrogen-bond donors (Lipinski definition) is 1. The van der Waals surface area contributed by atoms with E-state index >= 15 is 0 Å². The Hall–Kier alpha value is -2.50. The molecule has 0 saturated carbocycles. The highest BCUT2D eigenvalue weighted by atomic mass is 32.2. The summed E-state index contributed by atoms with van der Waals surface area (Å²) in [7, 11) is 1.34. The fourth-order valence-electron chi connectivity index (χ4n) is 2.91. The molecule has 0 amide bonds. The lowest BCUT2D eigenvalue weighted by Crippen LogP contribution is -2.32. The molecule has 0 spiro atoms. The van der Waals surface area contributed by atoms with Crippen LogP contribution in [-0.4, -0.2) is 79.0 Å². The largest absolute Gasteiger partial charge is 0.483 e. The van der Waals surface area contributed by atoms with Gasteiger partial charge in [0.2, 0.25) is 15.9 Å². The third-order valence-corrected chi connectivity index (χ3v) is 6.30. The highest BCUT2D eigenvalue weighted by molar-refractivity contribution is 7.89. The molecule has 3 heterocycles. The Morgan fingerprint density at radius 1 is 1.39 bits per heavy atom.